The van der Waals surface area contributed by atoms with E-state index in [9.17, 15) is 4.79 Å². The fourth-order valence-corrected chi connectivity index (χ4v) is 2.83. The van der Waals surface area contributed by atoms with Gasteiger partial charge in [0.15, 0.2) is 0 Å². The van der Waals surface area contributed by atoms with Crippen LogP contribution in [0.25, 0.3) is 0 Å². The Labute approximate surface area is 141 Å². The number of urea groups is 1. The van der Waals surface area contributed by atoms with Crippen LogP contribution in [-0.2, 0) is 6.54 Å². The first-order valence-corrected chi connectivity index (χ1v) is 8.14. The third-order valence-electron chi connectivity index (χ3n) is 4.38. The standard InChI is InChI=1S/C17H21ClN4O/c1-12-3-4-14(18)15(9-12)21-16(23)20-10-17(5-6-17)11-22-8-7-19-13(22)2/h3-4,7-9H,5-6,10-11H2,1-2H3,(H2,20,21,23). The van der Waals surface area contributed by atoms with Gasteiger partial charge < -0.3 is 15.2 Å². The van der Waals surface area contributed by atoms with Crippen LogP contribution in [0, 0.1) is 19.3 Å². The molecule has 1 aliphatic carbocycles. The molecule has 6 heteroatoms. The zero-order chi connectivity index (χ0) is 16.4. The molecule has 3 rings (SSSR count). The highest BCUT2D eigenvalue weighted by atomic mass is 35.5. The van der Waals surface area contributed by atoms with Crippen molar-refractivity contribution in [2.45, 2.75) is 33.2 Å². The highest BCUT2D eigenvalue weighted by molar-refractivity contribution is 6.33. The predicted molar refractivity (Wildman–Crippen MR) is 91.8 cm³/mol. The number of hydrogen-bond donors (Lipinski definition) is 2. The Bertz CT molecular complexity index is 721. The van der Waals surface area contributed by atoms with Crippen LogP contribution in [-0.4, -0.2) is 22.1 Å². The molecule has 5 nitrogen and oxygen atoms in total. The van der Waals surface area contributed by atoms with E-state index in [-0.39, 0.29) is 11.4 Å². The summed E-state index contributed by atoms with van der Waals surface area (Å²) in [6, 6.07) is 5.35. The lowest BCUT2D eigenvalue weighted by molar-refractivity contribution is 0.248. The van der Waals surface area contributed by atoms with E-state index < -0.39 is 0 Å². The highest BCUT2D eigenvalue weighted by Gasteiger charge is 2.43. The number of aromatic nitrogens is 2. The molecule has 2 N–H and O–H groups in total. The lowest BCUT2D eigenvalue weighted by Gasteiger charge is -2.18. The Morgan fingerprint density at radius 3 is 2.83 bits per heavy atom. The first-order valence-electron chi connectivity index (χ1n) is 7.76. The normalized spacial score (nSPS) is 15.3. The molecule has 0 saturated heterocycles. The molecule has 2 aromatic rings. The molecule has 1 aromatic heterocycles. The van der Waals surface area contributed by atoms with Gasteiger partial charge in [0.05, 0.1) is 10.7 Å². The van der Waals surface area contributed by atoms with E-state index in [0.29, 0.717) is 17.3 Å². The molecule has 0 aliphatic heterocycles. The minimum atomic E-state index is -0.217. The molecule has 23 heavy (non-hydrogen) atoms. The summed E-state index contributed by atoms with van der Waals surface area (Å²) in [6.07, 6.45) is 6.04. The third-order valence-corrected chi connectivity index (χ3v) is 4.71. The van der Waals surface area contributed by atoms with Crippen LogP contribution in [0.15, 0.2) is 30.6 Å². The number of anilines is 1. The smallest absolute Gasteiger partial charge is 0.319 e. The highest BCUT2D eigenvalue weighted by Crippen LogP contribution is 2.46. The van der Waals surface area contributed by atoms with E-state index in [1.165, 1.54) is 0 Å². The number of carbonyl (C=O) groups is 1. The molecule has 1 saturated carbocycles. The molecule has 1 aromatic carbocycles. The van der Waals surface area contributed by atoms with Gasteiger partial charge in [-0.05, 0) is 44.4 Å². The molecule has 0 atom stereocenters. The number of benzene rings is 1. The van der Waals surface area contributed by atoms with Gasteiger partial charge in [-0.1, -0.05) is 17.7 Å². The van der Waals surface area contributed by atoms with Gasteiger partial charge in [-0.3, -0.25) is 0 Å². The van der Waals surface area contributed by atoms with Gasteiger partial charge in [0, 0.05) is 30.9 Å². The van der Waals surface area contributed by atoms with E-state index in [4.69, 9.17) is 11.6 Å². The summed E-state index contributed by atoms with van der Waals surface area (Å²) in [5, 5.41) is 6.33. The Morgan fingerprint density at radius 1 is 1.39 bits per heavy atom. The van der Waals surface area contributed by atoms with Crippen molar-refractivity contribution in [1.29, 1.82) is 0 Å². The van der Waals surface area contributed by atoms with E-state index in [0.717, 1.165) is 30.8 Å². The quantitative estimate of drug-likeness (QED) is 0.876. The number of amides is 2. The fraction of sp³-hybridized carbons (Fsp3) is 0.412. The molecule has 122 valence electrons. The Kier molecular flexibility index (Phi) is 4.31. The second-order valence-electron chi connectivity index (χ2n) is 6.39. The predicted octanol–water partition coefficient (Wildman–Crippen LogP) is 3.76. The number of imidazole rings is 1. The van der Waals surface area contributed by atoms with Crippen molar-refractivity contribution < 1.29 is 4.79 Å². The average Bonchev–Trinajstić information content (AvgIpc) is 3.17. The Morgan fingerprint density at radius 2 is 2.17 bits per heavy atom. The lowest BCUT2D eigenvalue weighted by Crippen LogP contribution is -2.35. The van der Waals surface area contributed by atoms with Crippen LogP contribution in [0.5, 0.6) is 0 Å². The minimum Gasteiger partial charge on any atom is -0.337 e. The van der Waals surface area contributed by atoms with Gasteiger partial charge in [-0.2, -0.15) is 0 Å². The van der Waals surface area contributed by atoms with E-state index in [1.54, 1.807) is 6.07 Å². The molecule has 0 unspecified atom stereocenters. The summed E-state index contributed by atoms with van der Waals surface area (Å²) in [6.45, 7) is 5.51. The maximum atomic E-state index is 12.1. The molecule has 2 amide bonds. The molecular weight excluding hydrogens is 312 g/mol. The summed E-state index contributed by atoms with van der Waals surface area (Å²) in [5.74, 6) is 1.01. The minimum absolute atomic E-state index is 0.152. The van der Waals surface area contributed by atoms with Gasteiger partial charge in [0.2, 0.25) is 0 Å². The third kappa shape index (κ3) is 3.85. The molecular formula is C17H21ClN4O. The average molecular weight is 333 g/mol. The lowest BCUT2D eigenvalue weighted by atomic mass is 10.1. The molecule has 0 bridgehead atoms. The van der Waals surface area contributed by atoms with Crippen molar-refractivity contribution in [2.24, 2.45) is 5.41 Å². The Hall–Kier alpha value is -2.01. The van der Waals surface area contributed by atoms with Gasteiger partial charge in [0.1, 0.15) is 5.82 Å². The zero-order valence-electron chi connectivity index (χ0n) is 13.4. The molecule has 1 heterocycles. The Balaban J connectivity index is 1.55. The van der Waals surface area contributed by atoms with Crippen molar-refractivity contribution in [1.82, 2.24) is 14.9 Å². The number of nitrogens with one attached hydrogen (secondary N) is 2. The molecule has 0 spiro atoms. The monoisotopic (exact) mass is 332 g/mol. The number of aryl methyl sites for hydroxylation is 2. The van der Waals surface area contributed by atoms with Gasteiger partial charge in [-0.25, -0.2) is 9.78 Å². The van der Waals surface area contributed by atoms with Crippen molar-refractivity contribution in [3.8, 4) is 0 Å². The summed E-state index contributed by atoms with van der Waals surface area (Å²) in [5.41, 5.74) is 1.84. The van der Waals surface area contributed by atoms with Crippen molar-refractivity contribution in [3.05, 3.63) is 47.0 Å². The summed E-state index contributed by atoms with van der Waals surface area (Å²) < 4.78 is 2.14. The number of hydrogen-bond acceptors (Lipinski definition) is 2. The summed E-state index contributed by atoms with van der Waals surface area (Å²) >= 11 is 6.10. The van der Waals surface area contributed by atoms with Crippen LogP contribution in [0.4, 0.5) is 10.5 Å². The first-order chi connectivity index (χ1) is 11.0. The fourth-order valence-electron chi connectivity index (χ4n) is 2.67. The summed E-state index contributed by atoms with van der Waals surface area (Å²) in [4.78, 5) is 16.4. The number of halogens is 1. The molecule has 1 fully saturated rings. The van der Waals surface area contributed by atoms with Gasteiger partial charge >= 0.3 is 6.03 Å². The topological polar surface area (TPSA) is 59.0 Å². The van der Waals surface area contributed by atoms with Crippen molar-refractivity contribution in [2.75, 3.05) is 11.9 Å². The van der Waals surface area contributed by atoms with Crippen LogP contribution >= 0.6 is 11.6 Å². The van der Waals surface area contributed by atoms with Gasteiger partial charge in [0.25, 0.3) is 0 Å². The van der Waals surface area contributed by atoms with Crippen molar-refractivity contribution in [3.63, 3.8) is 0 Å². The maximum Gasteiger partial charge on any atom is 0.319 e. The van der Waals surface area contributed by atoms with Crippen LogP contribution in [0.3, 0.4) is 0 Å². The van der Waals surface area contributed by atoms with Crippen LogP contribution in [0.1, 0.15) is 24.2 Å². The van der Waals surface area contributed by atoms with E-state index in [2.05, 4.69) is 20.2 Å². The van der Waals surface area contributed by atoms with Gasteiger partial charge in [-0.15, -0.1) is 0 Å². The largest absolute Gasteiger partial charge is 0.337 e. The van der Waals surface area contributed by atoms with E-state index >= 15 is 0 Å². The number of carbonyl (C=O) groups excluding carboxylic acids is 1. The van der Waals surface area contributed by atoms with Crippen molar-refractivity contribution >= 4 is 23.3 Å². The van der Waals surface area contributed by atoms with E-state index in [1.807, 2.05) is 38.4 Å². The molecule has 1 aliphatic rings. The molecule has 0 radical (unpaired) electrons. The van der Waals surface area contributed by atoms with Crippen LogP contribution < -0.4 is 10.6 Å². The number of rotatable bonds is 5. The zero-order valence-corrected chi connectivity index (χ0v) is 14.2. The second-order valence-corrected chi connectivity index (χ2v) is 6.80. The maximum absolute atomic E-state index is 12.1. The van der Waals surface area contributed by atoms with Crippen LogP contribution in [0.2, 0.25) is 5.02 Å². The first kappa shape index (κ1) is 15.9. The second kappa shape index (κ2) is 6.24. The number of nitrogens with zero attached hydrogens (tertiary/aromatic N) is 2. The summed E-state index contributed by atoms with van der Waals surface area (Å²) in [7, 11) is 0. The SMILES string of the molecule is Cc1ccc(Cl)c(NC(=O)NCC2(Cn3ccnc3C)CC2)c1.